The molecule has 66 valence electrons. The van der Waals surface area contributed by atoms with E-state index < -0.39 is 0 Å². The molecule has 0 unspecified atom stereocenters. The maximum atomic E-state index is 5.85. The van der Waals surface area contributed by atoms with Gasteiger partial charge in [0.15, 0.2) is 0 Å². The molecule has 0 fully saturated rings. The Morgan fingerprint density at radius 1 is 1.25 bits per heavy atom. The molecule has 1 aromatic rings. The molecule has 0 atom stereocenters. The Kier molecular flexibility index (Phi) is 3.19. The van der Waals surface area contributed by atoms with Crippen LogP contribution in [0, 0.1) is 20.8 Å². The zero-order chi connectivity index (χ0) is 9.30. The molecular formula is C10H12BrCl. The molecule has 0 saturated heterocycles. The van der Waals surface area contributed by atoms with Crippen LogP contribution in [0.1, 0.15) is 22.3 Å². The van der Waals surface area contributed by atoms with Crippen molar-refractivity contribution in [1.29, 1.82) is 0 Å². The van der Waals surface area contributed by atoms with E-state index in [0.717, 1.165) is 0 Å². The van der Waals surface area contributed by atoms with Gasteiger partial charge < -0.3 is 0 Å². The Labute approximate surface area is 87.1 Å². The molecule has 0 heterocycles. The molecule has 0 bridgehead atoms. The smallest absolute Gasteiger partial charge is 0.0479 e. The summed E-state index contributed by atoms with van der Waals surface area (Å²) < 4.78 is 1.17. The molecule has 12 heavy (non-hydrogen) atoms. The lowest BCUT2D eigenvalue weighted by atomic mass is 10.00. The molecule has 0 radical (unpaired) electrons. The van der Waals surface area contributed by atoms with Crippen molar-refractivity contribution in [3.63, 3.8) is 0 Å². The molecule has 0 N–H and O–H groups in total. The minimum Gasteiger partial charge on any atom is -0.122 e. The lowest BCUT2D eigenvalue weighted by molar-refractivity contribution is 1.18. The van der Waals surface area contributed by atoms with Crippen molar-refractivity contribution in [2.45, 2.75) is 26.7 Å². The molecule has 0 aliphatic carbocycles. The Morgan fingerprint density at radius 3 is 2.33 bits per heavy atom. The molecule has 0 aliphatic rings. The van der Waals surface area contributed by atoms with Crippen LogP contribution in [0.4, 0.5) is 0 Å². The van der Waals surface area contributed by atoms with E-state index >= 15 is 0 Å². The van der Waals surface area contributed by atoms with Crippen molar-refractivity contribution in [3.8, 4) is 0 Å². The van der Waals surface area contributed by atoms with Gasteiger partial charge in [0.1, 0.15) is 0 Å². The summed E-state index contributed by atoms with van der Waals surface area (Å²) in [7, 11) is 0. The fraction of sp³-hybridized carbons (Fsp3) is 0.400. The number of hydrogen-bond donors (Lipinski definition) is 0. The number of halogens is 2. The van der Waals surface area contributed by atoms with E-state index in [9.17, 15) is 0 Å². The fourth-order valence-corrected chi connectivity index (χ4v) is 2.34. The molecule has 1 aromatic carbocycles. The topological polar surface area (TPSA) is 0 Å². The second kappa shape index (κ2) is 3.80. The van der Waals surface area contributed by atoms with Crippen LogP contribution in [-0.2, 0) is 5.88 Å². The van der Waals surface area contributed by atoms with Crippen molar-refractivity contribution in [3.05, 3.63) is 32.8 Å². The first-order valence-corrected chi connectivity index (χ1v) is 5.21. The molecular weight excluding hydrogens is 235 g/mol. The van der Waals surface area contributed by atoms with Gasteiger partial charge in [-0.25, -0.2) is 0 Å². The monoisotopic (exact) mass is 246 g/mol. The maximum absolute atomic E-state index is 5.85. The third-order valence-corrected chi connectivity index (χ3v) is 3.42. The predicted molar refractivity (Wildman–Crippen MR) is 57.9 cm³/mol. The number of rotatable bonds is 1. The normalized spacial score (nSPS) is 10.4. The molecule has 0 saturated carbocycles. The zero-order valence-corrected chi connectivity index (χ0v) is 9.88. The van der Waals surface area contributed by atoms with Crippen LogP contribution >= 0.6 is 27.5 Å². The first-order valence-electron chi connectivity index (χ1n) is 3.89. The van der Waals surface area contributed by atoms with Gasteiger partial charge in [-0.2, -0.15) is 0 Å². The van der Waals surface area contributed by atoms with Crippen molar-refractivity contribution in [1.82, 2.24) is 0 Å². The van der Waals surface area contributed by atoms with E-state index in [1.165, 1.54) is 26.7 Å². The van der Waals surface area contributed by atoms with Crippen LogP contribution in [0.25, 0.3) is 0 Å². The fourth-order valence-electron chi connectivity index (χ4n) is 1.29. The van der Waals surface area contributed by atoms with E-state index in [0.29, 0.717) is 5.88 Å². The second-order valence-corrected chi connectivity index (χ2v) is 4.16. The first kappa shape index (κ1) is 10.1. The van der Waals surface area contributed by atoms with Crippen molar-refractivity contribution >= 4 is 27.5 Å². The SMILES string of the molecule is Cc1cc(Br)c(C)c(C)c1CCl. The average molecular weight is 248 g/mol. The highest BCUT2D eigenvalue weighted by Crippen LogP contribution is 2.26. The summed E-state index contributed by atoms with van der Waals surface area (Å²) in [6, 6.07) is 2.13. The molecule has 0 aromatic heterocycles. The van der Waals surface area contributed by atoms with E-state index in [2.05, 4.69) is 42.8 Å². The van der Waals surface area contributed by atoms with Crippen molar-refractivity contribution in [2.24, 2.45) is 0 Å². The van der Waals surface area contributed by atoms with Crippen molar-refractivity contribution in [2.75, 3.05) is 0 Å². The van der Waals surface area contributed by atoms with E-state index in [4.69, 9.17) is 11.6 Å². The highest BCUT2D eigenvalue weighted by molar-refractivity contribution is 9.10. The summed E-state index contributed by atoms with van der Waals surface area (Å²) in [6.07, 6.45) is 0. The van der Waals surface area contributed by atoms with Gasteiger partial charge in [0.05, 0.1) is 0 Å². The maximum Gasteiger partial charge on any atom is 0.0479 e. The van der Waals surface area contributed by atoms with Gasteiger partial charge in [-0.05, 0) is 49.1 Å². The minimum absolute atomic E-state index is 0.603. The van der Waals surface area contributed by atoms with Gasteiger partial charge in [0.25, 0.3) is 0 Å². The Balaban J connectivity index is 3.40. The third kappa shape index (κ3) is 1.67. The zero-order valence-electron chi connectivity index (χ0n) is 7.54. The lowest BCUT2D eigenvalue weighted by Gasteiger charge is -2.11. The highest BCUT2D eigenvalue weighted by atomic mass is 79.9. The molecule has 0 aliphatic heterocycles. The molecule has 0 nitrogen and oxygen atoms in total. The van der Waals surface area contributed by atoms with Gasteiger partial charge in [-0.15, -0.1) is 11.6 Å². The number of benzene rings is 1. The standard InChI is InChI=1S/C10H12BrCl/c1-6-4-10(11)8(3)7(2)9(6)5-12/h4H,5H2,1-3H3. The lowest BCUT2D eigenvalue weighted by Crippen LogP contribution is -1.94. The van der Waals surface area contributed by atoms with E-state index in [1.54, 1.807) is 0 Å². The van der Waals surface area contributed by atoms with Crippen LogP contribution in [0.15, 0.2) is 10.5 Å². The van der Waals surface area contributed by atoms with Crippen LogP contribution in [0.5, 0.6) is 0 Å². The summed E-state index contributed by atoms with van der Waals surface area (Å²) in [4.78, 5) is 0. The molecule has 0 amide bonds. The minimum atomic E-state index is 0.603. The number of aryl methyl sites for hydroxylation is 1. The highest BCUT2D eigenvalue weighted by Gasteiger charge is 2.06. The van der Waals surface area contributed by atoms with Crippen LogP contribution in [-0.4, -0.2) is 0 Å². The molecule has 1 rings (SSSR count). The first-order chi connectivity index (χ1) is 5.57. The largest absolute Gasteiger partial charge is 0.122 e. The number of hydrogen-bond acceptors (Lipinski definition) is 0. The van der Waals surface area contributed by atoms with Gasteiger partial charge in [-0.1, -0.05) is 15.9 Å². The van der Waals surface area contributed by atoms with Crippen molar-refractivity contribution < 1.29 is 0 Å². The number of alkyl halides is 1. The van der Waals surface area contributed by atoms with E-state index in [-0.39, 0.29) is 0 Å². The predicted octanol–water partition coefficient (Wildman–Crippen LogP) is 4.11. The van der Waals surface area contributed by atoms with Crippen LogP contribution in [0.2, 0.25) is 0 Å². The second-order valence-electron chi connectivity index (χ2n) is 3.04. The summed E-state index contributed by atoms with van der Waals surface area (Å²) in [5, 5.41) is 0. The van der Waals surface area contributed by atoms with E-state index in [1.807, 2.05) is 0 Å². The average Bonchev–Trinajstić information content (AvgIpc) is 2.01. The van der Waals surface area contributed by atoms with Gasteiger partial charge >= 0.3 is 0 Å². The molecule has 2 heteroatoms. The quantitative estimate of drug-likeness (QED) is 0.655. The Hall–Kier alpha value is -0.0100. The Bertz CT molecular complexity index is 305. The van der Waals surface area contributed by atoms with Crippen LogP contribution < -0.4 is 0 Å². The summed E-state index contributed by atoms with van der Waals surface area (Å²) in [5.41, 5.74) is 5.12. The van der Waals surface area contributed by atoms with Gasteiger partial charge in [-0.3, -0.25) is 0 Å². The van der Waals surface area contributed by atoms with Gasteiger partial charge in [0, 0.05) is 10.4 Å². The van der Waals surface area contributed by atoms with Gasteiger partial charge in [0.2, 0.25) is 0 Å². The van der Waals surface area contributed by atoms with Crippen LogP contribution in [0.3, 0.4) is 0 Å². The summed E-state index contributed by atoms with van der Waals surface area (Å²) in [6.45, 7) is 6.31. The third-order valence-electron chi connectivity index (χ3n) is 2.33. The molecule has 0 spiro atoms. The summed E-state index contributed by atoms with van der Waals surface area (Å²) in [5.74, 6) is 0.603. The Morgan fingerprint density at radius 2 is 1.83 bits per heavy atom. The summed E-state index contributed by atoms with van der Waals surface area (Å²) >= 11 is 9.36.